The Kier molecular flexibility index (Phi) is 4.98. The second-order valence-corrected chi connectivity index (χ2v) is 7.72. The van der Waals surface area contributed by atoms with Crippen LogP contribution in [0.3, 0.4) is 0 Å². The van der Waals surface area contributed by atoms with Crippen LogP contribution in [0.4, 0.5) is 11.5 Å². The fourth-order valence-electron chi connectivity index (χ4n) is 3.60. The quantitative estimate of drug-likeness (QED) is 0.352. The third-order valence-electron chi connectivity index (χ3n) is 5.39. The van der Waals surface area contributed by atoms with E-state index >= 15 is 0 Å². The van der Waals surface area contributed by atoms with Crippen molar-refractivity contribution in [1.29, 1.82) is 0 Å². The number of carbonyl (C=O) groups excluding carboxylic acids is 1. The molecule has 1 aliphatic carbocycles. The van der Waals surface area contributed by atoms with Crippen LogP contribution in [0.5, 0.6) is 0 Å². The molecule has 2 heterocycles. The fraction of sp³-hybridized carbons (Fsp3) is 0.174. The van der Waals surface area contributed by atoms with Crippen molar-refractivity contribution in [3.63, 3.8) is 0 Å². The highest BCUT2D eigenvalue weighted by atomic mass is 16.4. The number of amides is 1. The molecule has 2 aromatic carbocycles. The number of carboxylic acid groups (broad SMARTS) is 1. The molecule has 0 saturated heterocycles. The van der Waals surface area contributed by atoms with Crippen LogP contribution in [0.1, 0.15) is 50.9 Å². The molecule has 0 spiro atoms. The molecule has 1 amide bonds. The van der Waals surface area contributed by atoms with E-state index in [2.05, 4.69) is 30.8 Å². The van der Waals surface area contributed by atoms with Crippen LogP contribution in [0, 0.1) is 0 Å². The molecule has 32 heavy (non-hydrogen) atoms. The molecule has 5 rings (SSSR count). The molecule has 1 aliphatic rings. The van der Waals surface area contributed by atoms with Gasteiger partial charge < -0.3 is 15.7 Å². The van der Waals surface area contributed by atoms with Crippen LogP contribution in [-0.2, 0) is 6.54 Å². The van der Waals surface area contributed by atoms with Crippen LogP contribution in [0.2, 0.25) is 0 Å². The van der Waals surface area contributed by atoms with Crippen molar-refractivity contribution in [2.75, 3.05) is 10.6 Å². The van der Waals surface area contributed by atoms with Crippen molar-refractivity contribution < 1.29 is 14.7 Å². The zero-order valence-corrected chi connectivity index (χ0v) is 17.0. The summed E-state index contributed by atoms with van der Waals surface area (Å²) in [6, 6.07) is 14.2. The Balaban J connectivity index is 1.29. The van der Waals surface area contributed by atoms with Crippen molar-refractivity contribution in [3.8, 4) is 0 Å². The zero-order valence-electron chi connectivity index (χ0n) is 17.0. The van der Waals surface area contributed by atoms with Crippen molar-refractivity contribution in [2.24, 2.45) is 0 Å². The van der Waals surface area contributed by atoms with Gasteiger partial charge in [0.2, 0.25) is 0 Å². The topological polar surface area (TPSA) is 133 Å². The maximum Gasteiger partial charge on any atom is 0.337 e. The lowest BCUT2D eigenvalue weighted by molar-refractivity contribution is 0.0698. The van der Waals surface area contributed by atoms with Crippen LogP contribution in [0.25, 0.3) is 10.9 Å². The van der Waals surface area contributed by atoms with E-state index in [0.717, 1.165) is 24.1 Å². The molecule has 0 unspecified atom stereocenters. The highest BCUT2D eigenvalue weighted by Crippen LogP contribution is 2.39. The number of anilines is 2. The largest absolute Gasteiger partial charge is 0.478 e. The third-order valence-corrected chi connectivity index (χ3v) is 5.39. The average Bonchev–Trinajstić information content (AvgIpc) is 3.53. The van der Waals surface area contributed by atoms with Crippen molar-refractivity contribution in [2.45, 2.75) is 25.3 Å². The van der Waals surface area contributed by atoms with E-state index in [-0.39, 0.29) is 11.5 Å². The highest BCUT2D eigenvalue weighted by Gasteiger charge is 2.26. The van der Waals surface area contributed by atoms with Gasteiger partial charge in [-0.2, -0.15) is 5.10 Å². The lowest BCUT2D eigenvalue weighted by Crippen LogP contribution is -2.12. The van der Waals surface area contributed by atoms with Gasteiger partial charge in [-0.05, 0) is 48.7 Å². The molecule has 9 heteroatoms. The number of hydrogen-bond acceptors (Lipinski definition) is 6. The second kappa shape index (κ2) is 8.10. The number of para-hydroxylation sites is 1. The van der Waals surface area contributed by atoms with Gasteiger partial charge in [0.25, 0.3) is 5.91 Å². The van der Waals surface area contributed by atoms with Crippen molar-refractivity contribution in [1.82, 2.24) is 20.2 Å². The summed E-state index contributed by atoms with van der Waals surface area (Å²) in [5.74, 6) is -0.259. The molecule has 2 aromatic heterocycles. The number of H-pyrrole nitrogens is 1. The predicted molar refractivity (Wildman–Crippen MR) is 119 cm³/mol. The number of hydrogen-bond donors (Lipinski definition) is 4. The molecule has 9 nitrogen and oxygen atoms in total. The van der Waals surface area contributed by atoms with E-state index in [4.69, 9.17) is 0 Å². The third kappa shape index (κ3) is 4.00. The van der Waals surface area contributed by atoms with Gasteiger partial charge in [-0.15, -0.1) is 0 Å². The Labute approximate surface area is 182 Å². The Morgan fingerprint density at radius 2 is 1.94 bits per heavy atom. The molecule has 0 bridgehead atoms. The Morgan fingerprint density at radius 1 is 1.09 bits per heavy atom. The van der Waals surface area contributed by atoms with E-state index in [9.17, 15) is 14.7 Å². The number of aromatic nitrogens is 4. The highest BCUT2D eigenvalue weighted by molar-refractivity contribution is 6.04. The van der Waals surface area contributed by atoms with Crippen molar-refractivity contribution >= 4 is 34.3 Å². The summed E-state index contributed by atoms with van der Waals surface area (Å²) < 4.78 is 0. The van der Waals surface area contributed by atoms with E-state index in [1.807, 2.05) is 30.3 Å². The molecule has 0 aliphatic heterocycles. The Hall–Kier alpha value is -4.27. The Morgan fingerprint density at radius 3 is 2.75 bits per heavy atom. The number of rotatable bonds is 7. The van der Waals surface area contributed by atoms with Crippen LogP contribution < -0.4 is 10.6 Å². The van der Waals surface area contributed by atoms with E-state index in [1.54, 1.807) is 12.1 Å². The zero-order chi connectivity index (χ0) is 22.1. The maximum atomic E-state index is 12.5. The fourth-order valence-corrected chi connectivity index (χ4v) is 3.60. The molecule has 1 fully saturated rings. The maximum absolute atomic E-state index is 12.5. The van der Waals surface area contributed by atoms with Crippen LogP contribution in [0.15, 0.2) is 54.9 Å². The summed E-state index contributed by atoms with van der Waals surface area (Å²) in [7, 11) is 0. The van der Waals surface area contributed by atoms with Gasteiger partial charge in [-0.1, -0.05) is 18.2 Å². The predicted octanol–water partition coefficient (Wildman–Crippen LogP) is 3.79. The molecule has 4 N–H and O–H groups in total. The van der Waals surface area contributed by atoms with E-state index < -0.39 is 5.97 Å². The summed E-state index contributed by atoms with van der Waals surface area (Å²) in [6.45, 7) is 0.432. The van der Waals surface area contributed by atoms with Crippen molar-refractivity contribution in [3.05, 3.63) is 77.4 Å². The molecular weight excluding hydrogens is 408 g/mol. The first kappa shape index (κ1) is 19.7. The van der Waals surface area contributed by atoms with E-state index in [0.29, 0.717) is 40.6 Å². The molecule has 4 aromatic rings. The summed E-state index contributed by atoms with van der Waals surface area (Å²) in [5, 5.41) is 23.2. The molecular formula is C23H20N6O3. The molecule has 160 valence electrons. The SMILES string of the molecule is O=C(Nc1cccc(CNc2ncnc3c(C(=O)O)cccc23)c1)c1cc(C2CC2)[nH]n1. The number of aromatic amines is 1. The Bertz CT molecular complexity index is 1330. The molecule has 0 atom stereocenters. The van der Waals surface area contributed by atoms with Gasteiger partial charge in [-0.25, -0.2) is 14.8 Å². The first-order valence-electron chi connectivity index (χ1n) is 10.2. The van der Waals surface area contributed by atoms with Gasteiger partial charge in [0.05, 0.1) is 11.1 Å². The number of nitrogens with one attached hydrogen (secondary N) is 3. The van der Waals surface area contributed by atoms with Gasteiger partial charge in [-0.3, -0.25) is 9.89 Å². The summed E-state index contributed by atoms with van der Waals surface area (Å²) in [6.07, 6.45) is 3.61. The summed E-state index contributed by atoms with van der Waals surface area (Å²) in [5.41, 5.74) is 3.47. The number of carbonyl (C=O) groups is 2. The van der Waals surface area contributed by atoms with Gasteiger partial charge >= 0.3 is 5.97 Å². The number of benzene rings is 2. The number of carboxylic acids is 1. The minimum Gasteiger partial charge on any atom is -0.478 e. The monoisotopic (exact) mass is 428 g/mol. The number of nitrogens with zero attached hydrogens (tertiary/aromatic N) is 3. The minimum absolute atomic E-state index is 0.126. The number of fused-ring (bicyclic) bond motifs is 1. The van der Waals surface area contributed by atoms with Gasteiger partial charge in [0.15, 0.2) is 5.69 Å². The number of aromatic carboxylic acids is 1. The second-order valence-electron chi connectivity index (χ2n) is 7.72. The smallest absolute Gasteiger partial charge is 0.337 e. The molecule has 0 radical (unpaired) electrons. The standard InChI is InChI=1S/C23H20N6O3/c30-22(19-10-18(28-29-19)14-7-8-14)27-15-4-1-3-13(9-15)11-24-21-16-5-2-6-17(23(31)32)20(16)25-12-26-21/h1-6,9-10,12,14H,7-8,11H2,(H,27,30)(H,28,29)(H,31,32)(H,24,25,26). The van der Waals surface area contributed by atoms with Gasteiger partial charge in [0.1, 0.15) is 12.1 Å². The van der Waals surface area contributed by atoms with Crippen LogP contribution in [-0.4, -0.2) is 37.1 Å². The molecule has 1 saturated carbocycles. The first-order valence-corrected chi connectivity index (χ1v) is 10.2. The lowest BCUT2D eigenvalue weighted by atomic mass is 10.1. The first-order chi connectivity index (χ1) is 15.6. The average molecular weight is 428 g/mol. The van der Waals surface area contributed by atoms with Crippen LogP contribution >= 0.6 is 0 Å². The summed E-state index contributed by atoms with van der Waals surface area (Å²) >= 11 is 0. The van der Waals surface area contributed by atoms with E-state index in [1.165, 1.54) is 12.4 Å². The summed E-state index contributed by atoms with van der Waals surface area (Å²) in [4.78, 5) is 32.3. The normalized spacial score (nSPS) is 13.1. The minimum atomic E-state index is -1.04. The van der Waals surface area contributed by atoms with Gasteiger partial charge in [0, 0.05) is 29.2 Å². The lowest BCUT2D eigenvalue weighted by Gasteiger charge is -2.11.